The summed E-state index contributed by atoms with van der Waals surface area (Å²) in [4.78, 5) is 14.5. The van der Waals surface area contributed by atoms with Crippen LogP contribution in [0.25, 0.3) is 0 Å². The van der Waals surface area contributed by atoms with Crippen LogP contribution >= 0.6 is 11.3 Å². The molecule has 2 aromatic rings. The summed E-state index contributed by atoms with van der Waals surface area (Å²) in [5, 5.41) is 6.36. The summed E-state index contributed by atoms with van der Waals surface area (Å²) in [5.41, 5.74) is 1.77. The normalized spacial score (nSPS) is 14.1. The van der Waals surface area contributed by atoms with Gasteiger partial charge >= 0.3 is 0 Å². The number of benzene rings is 1. The second kappa shape index (κ2) is 5.67. The van der Waals surface area contributed by atoms with Gasteiger partial charge in [-0.3, -0.25) is 4.79 Å². The Hall–Kier alpha value is -1.81. The largest absolute Gasteiger partial charge is 0.380 e. The molecule has 104 valence electrons. The van der Waals surface area contributed by atoms with Crippen LogP contribution in [-0.4, -0.2) is 11.9 Å². The maximum absolute atomic E-state index is 11.9. The van der Waals surface area contributed by atoms with Gasteiger partial charge in [0.2, 0.25) is 0 Å². The Kier molecular flexibility index (Phi) is 3.74. The summed E-state index contributed by atoms with van der Waals surface area (Å²) in [6.45, 7) is 2.94. The van der Waals surface area contributed by atoms with Gasteiger partial charge < -0.3 is 10.6 Å². The van der Waals surface area contributed by atoms with E-state index in [1.54, 1.807) is 11.3 Å². The van der Waals surface area contributed by atoms with E-state index in [9.17, 15) is 4.79 Å². The number of hydrogen-bond acceptors (Lipinski definition) is 3. The van der Waals surface area contributed by atoms with E-state index in [1.807, 2.05) is 24.3 Å². The van der Waals surface area contributed by atoms with E-state index < -0.39 is 0 Å². The summed E-state index contributed by atoms with van der Waals surface area (Å²) in [5.74, 6) is 0.0351. The molecule has 1 heterocycles. The maximum Gasteiger partial charge on any atom is 0.251 e. The first-order chi connectivity index (χ1) is 9.70. The van der Waals surface area contributed by atoms with Crippen molar-refractivity contribution < 1.29 is 4.79 Å². The van der Waals surface area contributed by atoms with Gasteiger partial charge in [-0.15, -0.1) is 11.3 Å². The van der Waals surface area contributed by atoms with Crippen LogP contribution in [0.2, 0.25) is 0 Å². The fraction of sp³-hybridized carbons (Fsp3) is 0.312. The quantitative estimate of drug-likeness (QED) is 0.882. The summed E-state index contributed by atoms with van der Waals surface area (Å²) >= 11 is 1.80. The molecule has 0 radical (unpaired) electrons. The van der Waals surface area contributed by atoms with Crippen molar-refractivity contribution in [3.05, 3.63) is 51.7 Å². The van der Waals surface area contributed by atoms with Crippen molar-refractivity contribution in [2.45, 2.75) is 32.4 Å². The zero-order valence-corrected chi connectivity index (χ0v) is 12.3. The van der Waals surface area contributed by atoms with E-state index in [1.165, 1.54) is 9.75 Å². The predicted octanol–water partition coefficient (Wildman–Crippen LogP) is 3.56. The molecule has 0 saturated heterocycles. The summed E-state index contributed by atoms with van der Waals surface area (Å²) in [6.07, 6.45) is 2.23. The van der Waals surface area contributed by atoms with Crippen molar-refractivity contribution >= 4 is 22.9 Å². The zero-order chi connectivity index (χ0) is 13.9. The number of carbonyl (C=O) groups excluding carboxylic acids is 1. The van der Waals surface area contributed by atoms with Crippen molar-refractivity contribution in [2.24, 2.45) is 0 Å². The van der Waals surface area contributed by atoms with Crippen LogP contribution in [0.5, 0.6) is 0 Å². The van der Waals surface area contributed by atoms with E-state index >= 15 is 0 Å². The SMILES string of the molecule is Cc1ccc(CNc2ccc(C(=O)NC3CC3)cc2)s1. The summed E-state index contributed by atoms with van der Waals surface area (Å²) in [6, 6.07) is 12.4. The van der Waals surface area contributed by atoms with Crippen LogP contribution in [0.3, 0.4) is 0 Å². The molecule has 1 amide bonds. The molecule has 1 aliphatic carbocycles. The Balaban J connectivity index is 1.56. The van der Waals surface area contributed by atoms with Gasteiger partial charge in [0.15, 0.2) is 0 Å². The molecule has 1 aromatic heterocycles. The Labute approximate surface area is 123 Å². The fourth-order valence-corrected chi connectivity index (χ4v) is 2.84. The Bertz CT molecular complexity index is 599. The summed E-state index contributed by atoms with van der Waals surface area (Å²) in [7, 11) is 0. The van der Waals surface area contributed by atoms with Crippen LogP contribution < -0.4 is 10.6 Å². The Morgan fingerprint density at radius 3 is 2.55 bits per heavy atom. The monoisotopic (exact) mass is 286 g/mol. The standard InChI is InChI=1S/C16H18N2OS/c1-11-2-9-15(20-11)10-17-13-5-3-12(4-6-13)16(19)18-14-7-8-14/h2-6,9,14,17H,7-8,10H2,1H3,(H,18,19). The van der Waals surface area contributed by atoms with E-state index in [0.29, 0.717) is 6.04 Å². The lowest BCUT2D eigenvalue weighted by molar-refractivity contribution is 0.0951. The molecule has 2 N–H and O–H groups in total. The number of thiophene rings is 1. The highest BCUT2D eigenvalue weighted by Gasteiger charge is 2.23. The molecule has 0 atom stereocenters. The lowest BCUT2D eigenvalue weighted by Crippen LogP contribution is -2.25. The van der Waals surface area contributed by atoms with Gasteiger partial charge in [-0.05, 0) is 56.2 Å². The lowest BCUT2D eigenvalue weighted by Gasteiger charge is -2.07. The number of hydrogen-bond donors (Lipinski definition) is 2. The van der Waals surface area contributed by atoms with Gasteiger partial charge in [-0.25, -0.2) is 0 Å². The van der Waals surface area contributed by atoms with Crippen LogP contribution in [-0.2, 0) is 6.54 Å². The molecule has 0 aliphatic heterocycles. The molecule has 0 unspecified atom stereocenters. The molecule has 3 rings (SSSR count). The number of nitrogens with one attached hydrogen (secondary N) is 2. The van der Waals surface area contributed by atoms with E-state index in [0.717, 1.165) is 30.6 Å². The highest BCUT2D eigenvalue weighted by Crippen LogP contribution is 2.20. The average molecular weight is 286 g/mol. The van der Waals surface area contributed by atoms with Crippen molar-refractivity contribution in [1.29, 1.82) is 0 Å². The van der Waals surface area contributed by atoms with Gasteiger partial charge in [0.05, 0.1) is 0 Å². The van der Waals surface area contributed by atoms with Crippen molar-refractivity contribution in [3.63, 3.8) is 0 Å². The lowest BCUT2D eigenvalue weighted by atomic mass is 10.2. The third-order valence-electron chi connectivity index (χ3n) is 3.32. The van der Waals surface area contributed by atoms with Crippen LogP contribution in [0.1, 0.15) is 33.0 Å². The number of anilines is 1. The molecule has 3 nitrogen and oxygen atoms in total. The van der Waals surface area contributed by atoms with E-state index in [4.69, 9.17) is 0 Å². The summed E-state index contributed by atoms with van der Waals surface area (Å²) < 4.78 is 0. The first-order valence-electron chi connectivity index (χ1n) is 6.91. The van der Waals surface area contributed by atoms with Gasteiger partial charge in [-0.1, -0.05) is 0 Å². The highest BCUT2D eigenvalue weighted by molar-refractivity contribution is 7.11. The Morgan fingerprint density at radius 1 is 1.20 bits per heavy atom. The third kappa shape index (κ3) is 3.39. The highest BCUT2D eigenvalue weighted by atomic mass is 32.1. The first kappa shape index (κ1) is 13.2. The second-order valence-corrected chi connectivity index (χ2v) is 6.56. The van der Waals surface area contributed by atoms with Crippen molar-refractivity contribution in [1.82, 2.24) is 5.32 Å². The average Bonchev–Trinajstić information content (AvgIpc) is 3.17. The maximum atomic E-state index is 11.9. The minimum Gasteiger partial charge on any atom is -0.380 e. The Morgan fingerprint density at radius 2 is 1.95 bits per heavy atom. The number of rotatable bonds is 5. The molecule has 4 heteroatoms. The molecular formula is C16H18N2OS. The van der Waals surface area contributed by atoms with Crippen molar-refractivity contribution in [3.8, 4) is 0 Å². The molecule has 0 spiro atoms. The topological polar surface area (TPSA) is 41.1 Å². The van der Waals surface area contributed by atoms with Gasteiger partial charge in [0.25, 0.3) is 5.91 Å². The van der Waals surface area contributed by atoms with Gasteiger partial charge in [0, 0.05) is 33.6 Å². The molecule has 1 aliphatic rings. The van der Waals surface area contributed by atoms with Crippen molar-refractivity contribution in [2.75, 3.05) is 5.32 Å². The van der Waals surface area contributed by atoms with Gasteiger partial charge in [0.1, 0.15) is 0 Å². The third-order valence-corrected chi connectivity index (χ3v) is 4.32. The van der Waals surface area contributed by atoms with Gasteiger partial charge in [-0.2, -0.15) is 0 Å². The molecular weight excluding hydrogens is 268 g/mol. The van der Waals surface area contributed by atoms with E-state index in [2.05, 4.69) is 29.7 Å². The minimum atomic E-state index is 0.0351. The predicted molar refractivity (Wildman–Crippen MR) is 83.3 cm³/mol. The number of carbonyl (C=O) groups is 1. The first-order valence-corrected chi connectivity index (χ1v) is 7.72. The molecule has 1 saturated carbocycles. The molecule has 1 aromatic carbocycles. The molecule has 1 fully saturated rings. The number of aryl methyl sites for hydroxylation is 1. The molecule has 0 bridgehead atoms. The number of amides is 1. The minimum absolute atomic E-state index is 0.0351. The second-order valence-electron chi connectivity index (χ2n) is 5.19. The van der Waals surface area contributed by atoms with E-state index in [-0.39, 0.29) is 5.91 Å². The van der Waals surface area contributed by atoms with Crippen LogP contribution in [0.15, 0.2) is 36.4 Å². The fourth-order valence-electron chi connectivity index (χ4n) is 2.01. The zero-order valence-electron chi connectivity index (χ0n) is 11.5. The van der Waals surface area contributed by atoms with Crippen LogP contribution in [0, 0.1) is 6.92 Å². The van der Waals surface area contributed by atoms with Crippen LogP contribution in [0.4, 0.5) is 5.69 Å². The molecule has 20 heavy (non-hydrogen) atoms. The smallest absolute Gasteiger partial charge is 0.251 e.